The van der Waals surface area contributed by atoms with Gasteiger partial charge in [-0.05, 0) is 11.6 Å². The lowest BCUT2D eigenvalue weighted by Gasteiger charge is -2.17. The highest BCUT2D eigenvalue weighted by atomic mass is 16.5. The van der Waals surface area contributed by atoms with E-state index in [1.54, 1.807) is 0 Å². The molecule has 0 aliphatic carbocycles. The number of H-pyrrole nitrogens is 1. The Bertz CT molecular complexity index is 641. The molecule has 122 valence electrons. The molecule has 1 amide bonds. The van der Waals surface area contributed by atoms with Crippen molar-refractivity contribution >= 4 is 12.4 Å². The fraction of sp³-hybridized carbons (Fsp3) is 0.250. The number of alkyl carbamates (subject to hydrolysis) is 1. The van der Waals surface area contributed by atoms with Crippen LogP contribution in [0.15, 0.2) is 42.6 Å². The highest BCUT2D eigenvalue weighted by Crippen LogP contribution is 2.17. The van der Waals surface area contributed by atoms with Gasteiger partial charge < -0.3 is 25.3 Å². The summed E-state index contributed by atoms with van der Waals surface area (Å²) in [5.74, 6) is 0. The number of benzene rings is 1. The summed E-state index contributed by atoms with van der Waals surface area (Å²) >= 11 is 0. The summed E-state index contributed by atoms with van der Waals surface area (Å²) in [6, 6.07) is 10.6. The van der Waals surface area contributed by atoms with Crippen molar-refractivity contribution in [2.75, 3.05) is 6.54 Å². The molecule has 7 nitrogen and oxygen atoms in total. The third kappa shape index (κ3) is 4.94. The van der Waals surface area contributed by atoms with Crippen molar-refractivity contribution < 1.29 is 24.5 Å². The standard InChI is InChI=1S/C16H18N2O5/c19-9-13-6-12(7-17-13)15(21)14(20)8-18-16(22)23-10-11-4-2-1-3-5-11/h1-7,9,14-15,17,20-21H,8,10H2,(H,18,22). The van der Waals surface area contributed by atoms with E-state index >= 15 is 0 Å². The molecule has 2 unspecified atom stereocenters. The molecule has 7 heteroatoms. The van der Waals surface area contributed by atoms with Crippen LogP contribution < -0.4 is 5.32 Å². The molecule has 1 aromatic heterocycles. The minimum atomic E-state index is -1.23. The zero-order valence-corrected chi connectivity index (χ0v) is 12.3. The maximum atomic E-state index is 11.6. The smallest absolute Gasteiger partial charge is 0.407 e. The normalized spacial score (nSPS) is 13.1. The highest BCUT2D eigenvalue weighted by molar-refractivity contribution is 5.72. The van der Waals surface area contributed by atoms with Crippen LogP contribution >= 0.6 is 0 Å². The van der Waals surface area contributed by atoms with Gasteiger partial charge in [-0.3, -0.25) is 4.79 Å². The Labute approximate surface area is 132 Å². The van der Waals surface area contributed by atoms with Crippen LogP contribution in [0, 0.1) is 0 Å². The van der Waals surface area contributed by atoms with Crippen LogP contribution in [-0.2, 0) is 11.3 Å². The summed E-state index contributed by atoms with van der Waals surface area (Å²) in [7, 11) is 0. The van der Waals surface area contributed by atoms with Crippen LogP contribution in [-0.4, -0.2) is 40.2 Å². The SMILES string of the molecule is O=Cc1cc(C(O)C(O)CNC(=O)OCc2ccccc2)c[nH]1. The monoisotopic (exact) mass is 318 g/mol. The van der Waals surface area contributed by atoms with Crippen LogP contribution in [0.5, 0.6) is 0 Å². The fourth-order valence-corrected chi connectivity index (χ4v) is 1.96. The third-order valence-corrected chi connectivity index (χ3v) is 3.23. The first-order valence-electron chi connectivity index (χ1n) is 7.04. The third-order valence-electron chi connectivity index (χ3n) is 3.23. The average Bonchev–Trinajstić information content (AvgIpc) is 3.07. The number of aromatic amines is 1. The van der Waals surface area contributed by atoms with Gasteiger partial charge >= 0.3 is 6.09 Å². The number of aliphatic hydroxyl groups excluding tert-OH is 2. The van der Waals surface area contributed by atoms with Gasteiger partial charge in [-0.2, -0.15) is 0 Å². The Morgan fingerprint density at radius 3 is 2.70 bits per heavy atom. The lowest BCUT2D eigenvalue weighted by molar-refractivity contribution is 0.0185. The maximum Gasteiger partial charge on any atom is 0.407 e. The molecule has 0 bridgehead atoms. The van der Waals surface area contributed by atoms with E-state index in [9.17, 15) is 19.8 Å². The van der Waals surface area contributed by atoms with Gasteiger partial charge in [0, 0.05) is 18.3 Å². The van der Waals surface area contributed by atoms with Crippen molar-refractivity contribution in [3.8, 4) is 0 Å². The van der Waals surface area contributed by atoms with Crippen molar-refractivity contribution in [3.05, 3.63) is 59.4 Å². The molecule has 1 aromatic carbocycles. The predicted octanol–water partition coefficient (Wildman–Crippen LogP) is 1.15. The van der Waals surface area contributed by atoms with Gasteiger partial charge in [-0.15, -0.1) is 0 Å². The Hall–Kier alpha value is -2.64. The van der Waals surface area contributed by atoms with Crippen molar-refractivity contribution in [3.63, 3.8) is 0 Å². The summed E-state index contributed by atoms with van der Waals surface area (Å²) in [6.07, 6.45) is -1.13. The Balaban J connectivity index is 1.75. The number of aldehydes is 1. The van der Waals surface area contributed by atoms with Gasteiger partial charge in [0.15, 0.2) is 6.29 Å². The van der Waals surface area contributed by atoms with Crippen molar-refractivity contribution in [1.29, 1.82) is 0 Å². The van der Waals surface area contributed by atoms with Gasteiger partial charge in [-0.1, -0.05) is 30.3 Å². The Morgan fingerprint density at radius 1 is 1.30 bits per heavy atom. The molecular weight excluding hydrogens is 300 g/mol. The lowest BCUT2D eigenvalue weighted by Crippen LogP contribution is -2.35. The maximum absolute atomic E-state index is 11.6. The minimum absolute atomic E-state index is 0.117. The molecule has 1 heterocycles. The largest absolute Gasteiger partial charge is 0.445 e. The number of carbonyl (C=O) groups excluding carboxylic acids is 2. The number of ether oxygens (including phenoxy) is 1. The first-order valence-corrected chi connectivity index (χ1v) is 7.04. The first kappa shape index (κ1) is 16.7. The van der Waals surface area contributed by atoms with Crippen molar-refractivity contribution in [2.45, 2.75) is 18.8 Å². The zero-order valence-electron chi connectivity index (χ0n) is 12.3. The molecule has 0 spiro atoms. The van der Waals surface area contributed by atoms with E-state index in [2.05, 4.69) is 10.3 Å². The van der Waals surface area contributed by atoms with E-state index in [1.165, 1.54) is 12.3 Å². The summed E-state index contributed by atoms with van der Waals surface area (Å²) < 4.78 is 4.99. The van der Waals surface area contributed by atoms with E-state index < -0.39 is 18.3 Å². The number of hydrogen-bond donors (Lipinski definition) is 4. The van der Waals surface area contributed by atoms with E-state index in [0.29, 0.717) is 17.5 Å². The summed E-state index contributed by atoms with van der Waals surface area (Å²) in [5, 5.41) is 22.2. The second kappa shape index (κ2) is 8.11. The number of amides is 1. The van der Waals surface area contributed by atoms with Crippen LogP contribution in [0.3, 0.4) is 0 Å². The van der Waals surface area contributed by atoms with Crippen molar-refractivity contribution in [1.82, 2.24) is 10.3 Å². The van der Waals surface area contributed by atoms with Gasteiger partial charge in [0.2, 0.25) is 0 Å². The van der Waals surface area contributed by atoms with Crippen LogP contribution in [0.1, 0.15) is 27.7 Å². The average molecular weight is 318 g/mol. The summed E-state index contributed by atoms with van der Waals surface area (Å²) in [5.41, 5.74) is 1.50. The van der Waals surface area contributed by atoms with Crippen LogP contribution in [0.4, 0.5) is 4.79 Å². The fourth-order valence-electron chi connectivity index (χ4n) is 1.96. The topological polar surface area (TPSA) is 112 Å². The molecule has 0 saturated heterocycles. The van der Waals surface area contributed by atoms with Crippen molar-refractivity contribution in [2.24, 2.45) is 0 Å². The van der Waals surface area contributed by atoms with Gasteiger partial charge in [0.1, 0.15) is 18.8 Å². The zero-order chi connectivity index (χ0) is 16.7. The highest BCUT2D eigenvalue weighted by Gasteiger charge is 2.20. The molecular formula is C16H18N2O5. The number of aliphatic hydroxyl groups is 2. The minimum Gasteiger partial charge on any atom is -0.445 e. The van der Waals surface area contributed by atoms with Gasteiger partial charge in [0.25, 0.3) is 0 Å². The Kier molecular flexibility index (Phi) is 5.90. The summed E-state index contributed by atoms with van der Waals surface area (Å²) in [6.45, 7) is -0.0672. The van der Waals surface area contributed by atoms with Crippen LogP contribution in [0.2, 0.25) is 0 Å². The molecule has 4 N–H and O–H groups in total. The molecule has 2 atom stereocenters. The number of carbonyl (C=O) groups is 2. The molecule has 0 saturated carbocycles. The summed E-state index contributed by atoms with van der Waals surface area (Å²) in [4.78, 5) is 24.8. The quantitative estimate of drug-likeness (QED) is 0.572. The van der Waals surface area contributed by atoms with E-state index in [1.807, 2.05) is 30.3 Å². The molecule has 0 aliphatic rings. The number of rotatable bonds is 7. The van der Waals surface area contributed by atoms with E-state index in [4.69, 9.17) is 4.74 Å². The second-order valence-electron chi connectivity index (χ2n) is 4.96. The van der Waals surface area contributed by atoms with Crippen LogP contribution in [0.25, 0.3) is 0 Å². The van der Waals surface area contributed by atoms with E-state index in [0.717, 1.165) is 5.56 Å². The van der Waals surface area contributed by atoms with Gasteiger partial charge in [0.05, 0.1) is 5.69 Å². The Morgan fingerprint density at radius 2 is 2.04 bits per heavy atom. The second-order valence-corrected chi connectivity index (χ2v) is 4.96. The molecule has 2 rings (SSSR count). The first-order chi connectivity index (χ1) is 11.1. The number of hydrogen-bond acceptors (Lipinski definition) is 5. The number of aromatic nitrogens is 1. The lowest BCUT2D eigenvalue weighted by atomic mass is 10.1. The molecule has 0 fully saturated rings. The molecule has 23 heavy (non-hydrogen) atoms. The molecule has 2 aromatic rings. The number of nitrogens with one attached hydrogen (secondary N) is 2. The predicted molar refractivity (Wildman–Crippen MR) is 81.8 cm³/mol. The van der Waals surface area contributed by atoms with E-state index in [-0.39, 0.29) is 13.2 Å². The molecule has 0 radical (unpaired) electrons. The van der Waals surface area contributed by atoms with Gasteiger partial charge in [-0.25, -0.2) is 4.79 Å². The molecule has 0 aliphatic heterocycles.